The Hall–Kier alpha value is -1.13. The first-order valence-corrected chi connectivity index (χ1v) is 7.34. The van der Waals surface area contributed by atoms with Crippen molar-refractivity contribution in [2.75, 3.05) is 20.3 Å². The van der Waals surface area contributed by atoms with Crippen LogP contribution in [0.1, 0.15) is 38.3 Å². The van der Waals surface area contributed by atoms with Gasteiger partial charge in [0, 0.05) is 23.6 Å². The molecule has 112 valence electrons. The maximum atomic E-state index is 14.3. The summed E-state index contributed by atoms with van der Waals surface area (Å²) in [6.07, 6.45) is 2.25. The van der Waals surface area contributed by atoms with Gasteiger partial charge in [0.1, 0.15) is 11.6 Å². The van der Waals surface area contributed by atoms with Crippen LogP contribution in [-0.4, -0.2) is 26.4 Å². The fourth-order valence-corrected chi connectivity index (χ4v) is 2.80. The van der Waals surface area contributed by atoms with Gasteiger partial charge in [-0.2, -0.15) is 0 Å². The van der Waals surface area contributed by atoms with Crippen molar-refractivity contribution in [3.63, 3.8) is 0 Å². The molecule has 1 aliphatic rings. The molecular formula is C16H24FNO2. The Kier molecular flexibility index (Phi) is 5.38. The van der Waals surface area contributed by atoms with E-state index in [0.29, 0.717) is 23.8 Å². The number of rotatable bonds is 6. The predicted molar refractivity (Wildman–Crippen MR) is 77.5 cm³/mol. The van der Waals surface area contributed by atoms with E-state index in [2.05, 4.69) is 19.2 Å². The third kappa shape index (κ3) is 3.49. The van der Waals surface area contributed by atoms with E-state index in [0.717, 1.165) is 19.4 Å². The SMILES string of the molecule is CCCNC(c1ccc(OC)cc1F)C1COC(C)C1. The first kappa shape index (κ1) is 15.3. The van der Waals surface area contributed by atoms with E-state index in [1.807, 2.05) is 12.1 Å². The van der Waals surface area contributed by atoms with Crippen LogP contribution < -0.4 is 10.1 Å². The van der Waals surface area contributed by atoms with Gasteiger partial charge in [-0.3, -0.25) is 0 Å². The Morgan fingerprint density at radius 3 is 2.85 bits per heavy atom. The summed E-state index contributed by atoms with van der Waals surface area (Å²) in [5, 5.41) is 3.47. The lowest BCUT2D eigenvalue weighted by Crippen LogP contribution is -2.30. The van der Waals surface area contributed by atoms with Crippen molar-refractivity contribution in [1.29, 1.82) is 0 Å². The van der Waals surface area contributed by atoms with E-state index in [1.54, 1.807) is 7.11 Å². The van der Waals surface area contributed by atoms with E-state index in [-0.39, 0.29) is 18.0 Å². The van der Waals surface area contributed by atoms with Gasteiger partial charge in [-0.05, 0) is 32.4 Å². The van der Waals surface area contributed by atoms with E-state index < -0.39 is 0 Å². The minimum atomic E-state index is -0.211. The second kappa shape index (κ2) is 7.04. The van der Waals surface area contributed by atoms with Gasteiger partial charge in [0.25, 0.3) is 0 Å². The molecule has 1 saturated heterocycles. The first-order valence-electron chi connectivity index (χ1n) is 7.34. The molecule has 1 aromatic rings. The molecule has 20 heavy (non-hydrogen) atoms. The molecule has 3 unspecified atom stereocenters. The molecule has 0 radical (unpaired) electrons. The predicted octanol–water partition coefficient (Wildman–Crippen LogP) is 3.30. The number of nitrogens with one attached hydrogen (secondary N) is 1. The van der Waals surface area contributed by atoms with Crippen molar-refractivity contribution in [3.8, 4) is 5.75 Å². The first-order chi connectivity index (χ1) is 9.65. The molecule has 3 nitrogen and oxygen atoms in total. The molecular weight excluding hydrogens is 257 g/mol. The van der Waals surface area contributed by atoms with E-state index in [1.165, 1.54) is 6.07 Å². The van der Waals surface area contributed by atoms with E-state index >= 15 is 0 Å². The number of methoxy groups -OCH3 is 1. The van der Waals surface area contributed by atoms with Gasteiger partial charge in [-0.15, -0.1) is 0 Å². The standard InChI is InChI=1S/C16H24FNO2/c1-4-7-18-16(12-8-11(2)20-10-12)14-6-5-13(19-3)9-15(14)17/h5-6,9,11-12,16,18H,4,7-8,10H2,1-3H3. The van der Waals surface area contributed by atoms with Crippen LogP contribution in [0, 0.1) is 11.7 Å². The molecule has 0 aromatic heterocycles. The van der Waals surface area contributed by atoms with Gasteiger partial charge in [0.2, 0.25) is 0 Å². The quantitative estimate of drug-likeness (QED) is 0.868. The van der Waals surface area contributed by atoms with Gasteiger partial charge >= 0.3 is 0 Å². The lowest BCUT2D eigenvalue weighted by molar-refractivity contribution is 0.116. The Morgan fingerprint density at radius 1 is 1.50 bits per heavy atom. The maximum absolute atomic E-state index is 14.3. The fourth-order valence-electron chi connectivity index (χ4n) is 2.80. The van der Waals surface area contributed by atoms with Crippen molar-refractivity contribution in [3.05, 3.63) is 29.6 Å². The maximum Gasteiger partial charge on any atom is 0.131 e. The molecule has 3 atom stereocenters. The van der Waals surface area contributed by atoms with Crippen LogP contribution in [0.5, 0.6) is 5.75 Å². The zero-order chi connectivity index (χ0) is 14.5. The second-order valence-electron chi connectivity index (χ2n) is 5.46. The highest BCUT2D eigenvalue weighted by atomic mass is 19.1. The lowest BCUT2D eigenvalue weighted by atomic mass is 9.90. The number of halogens is 1. The molecule has 4 heteroatoms. The monoisotopic (exact) mass is 281 g/mol. The van der Waals surface area contributed by atoms with Crippen LogP contribution in [0.15, 0.2) is 18.2 Å². The molecule has 0 spiro atoms. The van der Waals surface area contributed by atoms with Crippen molar-refractivity contribution >= 4 is 0 Å². The smallest absolute Gasteiger partial charge is 0.131 e. The summed E-state index contributed by atoms with van der Waals surface area (Å²) in [6.45, 7) is 5.75. The third-order valence-electron chi connectivity index (χ3n) is 3.86. The molecule has 1 fully saturated rings. The van der Waals surface area contributed by atoms with Crippen molar-refractivity contribution in [2.45, 2.75) is 38.8 Å². The lowest BCUT2D eigenvalue weighted by Gasteiger charge is -2.25. The Bertz CT molecular complexity index is 438. The van der Waals surface area contributed by atoms with Crippen LogP contribution in [0.4, 0.5) is 4.39 Å². The number of ether oxygens (including phenoxy) is 2. The normalized spacial score (nSPS) is 23.8. The van der Waals surface area contributed by atoms with Crippen molar-refractivity contribution in [1.82, 2.24) is 5.32 Å². The zero-order valence-electron chi connectivity index (χ0n) is 12.5. The van der Waals surface area contributed by atoms with Crippen LogP contribution >= 0.6 is 0 Å². The highest BCUT2D eigenvalue weighted by Crippen LogP contribution is 2.34. The third-order valence-corrected chi connectivity index (χ3v) is 3.86. The van der Waals surface area contributed by atoms with Gasteiger partial charge in [-0.1, -0.05) is 13.0 Å². The molecule has 0 aliphatic carbocycles. The Labute approximate surface area is 120 Å². The van der Waals surface area contributed by atoms with Gasteiger partial charge in [0.05, 0.1) is 19.8 Å². The average Bonchev–Trinajstić information content (AvgIpc) is 2.87. The summed E-state index contributed by atoms with van der Waals surface area (Å²) in [5.41, 5.74) is 0.710. The number of hydrogen-bond acceptors (Lipinski definition) is 3. The van der Waals surface area contributed by atoms with E-state index in [4.69, 9.17) is 9.47 Å². The molecule has 0 amide bonds. The van der Waals surface area contributed by atoms with Crippen LogP contribution in [0.2, 0.25) is 0 Å². The zero-order valence-corrected chi connectivity index (χ0v) is 12.5. The fraction of sp³-hybridized carbons (Fsp3) is 0.625. The van der Waals surface area contributed by atoms with Gasteiger partial charge in [0.15, 0.2) is 0 Å². The van der Waals surface area contributed by atoms with Crippen LogP contribution in [0.3, 0.4) is 0 Å². The minimum Gasteiger partial charge on any atom is -0.497 e. The summed E-state index contributed by atoms with van der Waals surface area (Å²) in [4.78, 5) is 0. The highest BCUT2D eigenvalue weighted by Gasteiger charge is 2.31. The van der Waals surface area contributed by atoms with Crippen LogP contribution in [0.25, 0.3) is 0 Å². The summed E-state index contributed by atoms with van der Waals surface area (Å²) in [5.74, 6) is 0.661. The molecule has 0 bridgehead atoms. The summed E-state index contributed by atoms with van der Waals surface area (Å²) in [7, 11) is 1.55. The Morgan fingerprint density at radius 2 is 2.30 bits per heavy atom. The number of benzene rings is 1. The topological polar surface area (TPSA) is 30.5 Å². The molecule has 0 saturated carbocycles. The highest BCUT2D eigenvalue weighted by molar-refractivity contribution is 5.31. The number of hydrogen-bond donors (Lipinski definition) is 1. The summed E-state index contributed by atoms with van der Waals surface area (Å²) >= 11 is 0. The molecule has 1 aliphatic heterocycles. The average molecular weight is 281 g/mol. The van der Waals surface area contributed by atoms with Gasteiger partial charge in [-0.25, -0.2) is 4.39 Å². The largest absolute Gasteiger partial charge is 0.497 e. The molecule has 1 N–H and O–H groups in total. The van der Waals surface area contributed by atoms with E-state index in [9.17, 15) is 4.39 Å². The van der Waals surface area contributed by atoms with Gasteiger partial charge < -0.3 is 14.8 Å². The summed E-state index contributed by atoms with van der Waals surface area (Å²) < 4.78 is 25.0. The minimum absolute atomic E-state index is 0.00538. The van der Waals surface area contributed by atoms with Crippen LogP contribution in [-0.2, 0) is 4.74 Å². The molecule has 1 aromatic carbocycles. The van der Waals surface area contributed by atoms with Crippen molar-refractivity contribution in [2.24, 2.45) is 5.92 Å². The molecule has 1 heterocycles. The Balaban J connectivity index is 2.21. The van der Waals surface area contributed by atoms with Crippen molar-refractivity contribution < 1.29 is 13.9 Å². The second-order valence-corrected chi connectivity index (χ2v) is 5.46. The summed E-state index contributed by atoms with van der Waals surface area (Å²) in [6, 6.07) is 5.10. The molecule has 2 rings (SSSR count).